The summed E-state index contributed by atoms with van der Waals surface area (Å²) in [7, 11) is 0. The van der Waals surface area contributed by atoms with Crippen LogP contribution in [0, 0.1) is 0 Å². The molecule has 0 unspecified atom stereocenters. The van der Waals surface area contributed by atoms with E-state index in [9.17, 15) is 0 Å². The lowest BCUT2D eigenvalue weighted by atomic mass is 9.70. The first-order valence-corrected chi connectivity index (χ1v) is 19.3. The third kappa shape index (κ3) is 3.91. The summed E-state index contributed by atoms with van der Waals surface area (Å²) in [6, 6.07) is 67.4. The second kappa shape index (κ2) is 10.9. The van der Waals surface area contributed by atoms with Crippen LogP contribution in [0.25, 0.3) is 72.6 Å². The number of nitrogens with zero attached hydrogens (tertiary/aromatic N) is 2. The van der Waals surface area contributed by atoms with Crippen LogP contribution in [0.4, 0.5) is 0 Å². The molecule has 9 aromatic rings. The Kier molecular flexibility index (Phi) is 6.08. The molecule has 2 nitrogen and oxygen atoms in total. The van der Waals surface area contributed by atoms with Gasteiger partial charge in [-0.3, -0.25) is 4.57 Å². The zero-order valence-electron chi connectivity index (χ0n) is 30.7. The summed E-state index contributed by atoms with van der Waals surface area (Å²) in [5, 5.41) is 0. The van der Waals surface area contributed by atoms with Crippen molar-refractivity contribution in [2.24, 2.45) is 0 Å². The van der Waals surface area contributed by atoms with Gasteiger partial charge in [-0.1, -0.05) is 172 Å². The van der Waals surface area contributed by atoms with E-state index in [0.29, 0.717) is 0 Å². The summed E-state index contributed by atoms with van der Waals surface area (Å²) < 4.78 is 2.35. The monoisotopic (exact) mass is 700 g/mol. The molecule has 0 saturated carbocycles. The number of hydrogen-bond acceptors (Lipinski definition) is 1. The zero-order chi connectivity index (χ0) is 36.5. The van der Waals surface area contributed by atoms with Crippen molar-refractivity contribution < 1.29 is 0 Å². The van der Waals surface area contributed by atoms with Crippen LogP contribution < -0.4 is 0 Å². The quantitative estimate of drug-likeness (QED) is 0.179. The van der Waals surface area contributed by atoms with Crippen molar-refractivity contribution in [2.75, 3.05) is 0 Å². The Morgan fingerprint density at radius 3 is 1.62 bits per heavy atom. The number of hydrogen-bond donors (Lipinski definition) is 0. The van der Waals surface area contributed by atoms with Gasteiger partial charge >= 0.3 is 0 Å². The number of fused-ring (bicyclic) bond motifs is 14. The molecular weight excluding hydrogens is 665 g/mol. The van der Waals surface area contributed by atoms with E-state index in [1.54, 1.807) is 0 Å². The van der Waals surface area contributed by atoms with Crippen LogP contribution in [-0.4, -0.2) is 9.55 Å². The number of para-hydroxylation sites is 2. The lowest BCUT2D eigenvalue weighted by Gasteiger charge is -2.30. The summed E-state index contributed by atoms with van der Waals surface area (Å²) >= 11 is 0. The molecule has 0 radical (unpaired) electrons. The van der Waals surface area contributed by atoms with Gasteiger partial charge in [-0.15, -0.1) is 0 Å². The molecule has 0 fully saturated rings. The van der Waals surface area contributed by atoms with Crippen molar-refractivity contribution in [3.63, 3.8) is 0 Å². The second-order valence-electron chi connectivity index (χ2n) is 15.9. The molecule has 1 heterocycles. The van der Waals surface area contributed by atoms with Crippen molar-refractivity contribution in [1.82, 2.24) is 9.55 Å². The first-order valence-electron chi connectivity index (χ1n) is 19.3. The fourth-order valence-corrected chi connectivity index (χ4v) is 10.5. The first kappa shape index (κ1) is 30.7. The van der Waals surface area contributed by atoms with Crippen molar-refractivity contribution in [2.45, 2.75) is 24.7 Å². The number of benzene rings is 8. The largest absolute Gasteiger partial charge is 0.292 e. The standard InChI is InChI=1S/C53H36N2/c1-52(2)42-19-7-3-14-37(42)40-31-30-35(32-47(40)52)55-49-25-12-11-24-48(49)54-51(55)34-28-26-33(27-29-34)36-18-13-23-46-50(36)41-17-6-10-22-45(41)53(46)43-20-8-4-15-38(43)39-16-5-9-21-44(39)53/h3-32H,1-2H3. The van der Waals surface area contributed by atoms with Crippen LogP contribution in [0.1, 0.15) is 47.2 Å². The Bertz CT molecular complexity index is 3020. The van der Waals surface area contributed by atoms with E-state index in [1.165, 1.54) is 77.9 Å². The van der Waals surface area contributed by atoms with Crippen LogP contribution in [-0.2, 0) is 10.8 Å². The minimum atomic E-state index is -0.355. The summed E-state index contributed by atoms with van der Waals surface area (Å²) in [6.45, 7) is 4.69. The highest BCUT2D eigenvalue weighted by Gasteiger charge is 2.52. The predicted molar refractivity (Wildman–Crippen MR) is 226 cm³/mol. The maximum Gasteiger partial charge on any atom is 0.145 e. The van der Waals surface area contributed by atoms with Crippen LogP contribution in [0.2, 0.25) is 0 Å². The molecule has 0 atom stereocenters. The topological polar surface area (TPSA) is 17.8 Å². The average molecular weight is 701 g/mol. The number of rotatable bonds is 3. The molecular formula is C53H36N2. The molecule has 258 valence electrons. The molecule has 55 heavy (non-hydrogen) atoms. The molecule has 0 N–H and O–H groups in total. The van der Waals surface area contributed by atoms with Gasteiger partial charge in [0.25, 0.3) is 0 Å². The molecule has 0 saturated heterocycles. The minimum absolute atomic E-state index is 0.0874. The molecule has 1 spiro atoms. The Hall–Kier alpha value is -6.77. The van der Waals surface area contributed by atoms with Gasteiger partial charge in [0.2, 0.25) is 0 Å². The maximum atomic E-state index is 5.27. The van der Waals surface area contributed by atoms with E-state index >= 15 is 0 Å². The molecule has 12 rings (SSSR count). The SMILES string of the molecule is CC1(C)c2ccccc2-c2ccc(-n3c(-c4ccc(-c5cccc6c5-c5ccccc5C65c6ccccc6-c6ccccc65)cc4)nc4ccccc43)cc21. The average Bonchev–Trinajstić information content (AvgIpc) is 3.94. The summed E-state index contributed by atoms with van der Waals surface area (Å²) in [5.41, 5.74) is 22.5. The maximum absolute atomic E-state index is 5.27. The Morgan fingerprint density at radius 2 is 0.909 bits per heavy atom. The smallest absolute Gasteiger partial charge is 0.145 e. The van der Waals surface area contributed by atoms with E-state index in [2.05, 4.69) is 200 Å². The van der Waals surface area contributed by atoms with Crippen molar-refractivity contribution in [3.8, 4) is 61.6 Å². The van der Waals surface area contributed by atoms with Crippen LogP contribution in [0.5, 0.6) is 0 Å². The Morgan fingerprint density at radius 1 is 0.400 bits per heavy atom. The Balaban J connectivity index is 1.01. The van der Waals surface area contributed by atoms with Gasteiger partial charge < -0.3 is 0 Å². The first-order chi connectivity index (χ1) is 27.0. The molecule has 0 aliphatic heterocycles. The number of aromatic nitrogens is 2. The molecule has 1 aromatic heterocycles. The van der Waals surface area contributed by atoms with Gasteiger partial charge in [0.15, 0.2) is 0 Å². The fraction of sp³-hybridized carbons (Fsp3) is 0.0755. The molecule has 3 aliphatic carbocycles. The molecule has 3 aliphatic rings. The van der Waals surface area contributed by atoms with E-state index in [0.717, 1.165) is 28.1 Å². The molecule has 0 amide bonds. The predicted octanol–water partition coefficient (Wildman–Crippen LogP) is 13.0. The normalized spacial score (nSPS) is 14.7. The molecule has 2 heteroatoms. The van der Waals surface area contributed by atoms with Crippen molar-refractivity contribution in [3.05, 3.63) is 215 Å². The summed E-state index contributed by atoms with van der Waals surface area (Å²) in [5.74, 6) is 0.947. The zero-order valence-corrected chi connectivity index (χ0v) is 30.7. The van der Waals surface area contributed by atoms with Crippen LogP contribution in [0.15, 0.2) is 182 Å². The van der Waals surface area contributed by atoms with Gasteiger partial charge in [0.1, 0.15) is 5.82 Å². The van der Waals surface area contributed by atoms with Gasteiger partial charge in [0.05, 0.1) is 16.4 Å². The minimum Gasteiger partial charge on any atom is -0.292 e. The third-order valence-corrected chi connectivity index (χ3v) is 12.9. The lowest BCUT2D eigenvalue weighted by molar-refractivity contribution is 0.660. The van der Waals surface area contributed by atoms with Gasteiger partial charge in [0, 0.05) is 16.7 Å². The van der Waals surface area contributed by atoms with E-state index in [-0.39, 0.29) is 10.8 Å². The second-order valence-corrected chi connectivity index (χ2v) is 15.9. The summed E-state index contributed by atoms with van der Waals surface area (Å²) in [6.07, 6.45) is 0. The highest BCUT2D eigenvalue weighted by Crippen LogP contribution is 2.64. The van der Waals surface area contributed by atoms with Gasteiger partial charge in [-0.25, -0.2) is 4.98 Å². The lowest BCUT2D eigenvalue weighted by Crippen LogP contribution is -2.25. The number of imidazole rings is 1. The highest BCUT2D eigenvalue weighted by molar-refractivity contribution is 6.00. The Labute approximate surface area is 321 Å². The van der Waals surface area contributed by atoms with Crippen LogP contribution in [0.3, 0.4) is 0 Å². The molecule has 0 bridgehead atoms. The van der Waals surface area contributed by atoms with Gasteiger partial charge in [-0.05, 0) is 102 Å². The van der Waals surface area contributed by atoms with Gasteiger partial charge in [-0.2, -0.15) is 0 Å². The van der Waals surface area contributed by atoms with E-state index in [1.807, 2.05) is 0 Å². The van der Waals surface area contributed by atoms with Crippen molar-refractivity contribution in [1.29, 1.82) is 0 Å². The highest BCUT2D eigenvalue weighted by atomic mass is 15.1. The van der Waals surface area contributed by atoms with E-state index < -0.39 is 0 Å². The molecule has 8 aromatic carbocycles. The fourth-order valence-electron chi connectivity index (χ4n) is 10.5. The van der Waals surface area contributed by atoms with E-state index in [4.69, 9.17) is 4.98 Å². The summed E-state index contributed by atoms with van der Waals surface area (Å²) in [4.78, 5) is 5.27. The third-order valence-electron chi connectivity index (χ3n) is 12.9. The van der Waals surface area contributed by atoms with Crippen molar-refractivity contribution >= 4 is 11.0 Å². The van der Waals surface area contributed by atoms with Crippen LogP contribution >= 0.6 is 0 Å².